The molecular formula is C18H18Br2O3. The van der Waals surface area contributed by atoms with Gasteiger partial charge < -0.3 is 9.47 Å². The van der Waals surface area contributed by atoms with Crippen LogP contribution in [0.5, 0.6) is 11.5 Å². The van der Waals surface area contributed by atoms with Crippen molar-refractivity contribution in [3.05, 3.63) is 56.5 Å². The van der Waals surface area contributed by atoms with Crippen molar-refractivity contribution in [2.75, 3.05) is 6.61 Å². The summed E-state index contributed by atoms with van der Waals surface area (Å²) in [5.74, 6) is 1.07. The van der Waals surface area contributed by atoms with Crippen molar-refractivity contribution >= 4 is 37.8 Å². The van der Waals surface area contributed by atoms with Crippen LogP contribution in [0.15, 0.2) is 45.3 Å². The lowest BCUT2D eigenvalue weighted by atomic mass is 10.0. The molecule has 0 saturated carbocycles. The Bertz CT molecular complexity index is 711. The van der Waals surface area contributed by atoms with Crippen LogP contribution in [0.4, 0.5) is 0 Å². The van der Waals surface area contributed by atoms with E-state index < -0.39 is 5.97 Å². The summed E-state index contributed by atoms with van der Waals surface area (Å²) in [7, 11) is 0. The molecule has 0 aliphatic rings. The van der Waals surface area contributed by atoms with Crippen LogP contribution in [0.3, 0.4) is 0 Å². The molecule has 0 aliphatic carbocycles. The van der Waals surface area contributed by atoms with E-state index in [9.17, 15) is 4.79 Å². The molecule has 0 bridgehead atoms. The van der Waals surface area contributed by atoms with E-state index in [1.54, 1.807) is 6.07 Å². The van der Waals surface area contributed by atoms with Gasteiger partial charge in [0.1, 0.15) is 11.5 Å². The van der Waals surface area contributed by atoms with E-state index in [0.29, 0.717) is 17.4 Å². The lowest BCUT2D eigenvalue weighted by molar-refractivity contribution is -0.136. The Kier molecular flexibility index (Phi) is 6.25. The van der Waals surface area contributed by atoms with Crippen molar-refractivity contribution in [3.63, 3.8) is 0 Å². The zero-order valence-corrected chi connectivity index (χ0v) is 16.4. The largest absolute Gasteiger partial charge is 0.481 e. The fraction of sp³-hybridized carbons (Fsp3) is 0.278. The second-order valence-corrected chi connectivity index (χ2v) is 7.25. The lowest BCUT2D eigenvalue weighted by Gasteiger charge is -2.11. The van der Waals surface area contributed by atoms with E-state index in [-0.39, 0.29) is 6.61 Å². The summed E-state index contributed by atoms with van der Waals surface area (Å²) in [5, 5.41) is 0. The molecule has 0 spiro atoms. The second kappa shape index (κ2) is 7.97. The van der Waals surface area contributed by atoms with Crippen molar-refractivity contribution < 1.29 is 14.3 Å². The third-order valence-electron chi connectivity index (χ3n) is 3.28. The molecule has 0 amide bonds. The minimum Gasteiger partial charge on any atom is -0.481 e. The first-order valence-corrected chi connectivity index (χ1v) is 8.84. The Morgan fingerprint density at radius 3 is 2.30 bits per heavy atom. The molecule has 0 aliphatic heterocycles. The normalized spacial score (nSPS) is 10.7. The molecule has 0 N–H and O–H groups in total. The van der Waals surface area contributed by atoms with Crippen LogP contribution in [0.2, 0.25) is 0 Å². The first kappa shape index (κ1) is 18.0. The fourth-order valence-electron chi connectivity index (χ4n) is 1.97. The van der Waals surface area contributed by atoms with Gasteiger partial charge in [0.05, 0.1) is 8.95 Å². The minimum atomic E-state index is -0.449. The number of aryl methyl sites for hydroxylation is 1. The van der Waals surface area contributed by atoms with Gasteiger partial charge in [-0.15, -0.1) is 0 Å². The average Bonchev–Trinajstić information content (AvgIpc) is 2.48. The number of rotatable bonds is 5. The van der Waals surface area contributed by atoms with Gasteiger partial charge >= 0.3 is 5.97 Å². The number of hydrogen-bond acceptors (Lipinski definition) is 3. The number of halogens is 2. The van der Waals surface area contributed by atoms with E-state index >= 15 is 0 Å². The van der Waals surface area contributed by atoms with Gasteiger partial charge in [-0.3, -0.25) is 0 Å². The van der Waals surface area contributed by atoms with Crippen LogP contribution >= 0.6 is 31.9 Å². The molecule has 122 valence electrons. The molecular weight excluding hydrogens is 424 g/mol. The predicted octanol–water partition coefficient (Wildman–Crippen LogP) is 5.63. The molecule has 3 nitrogen and oxygen atoms in total. The molecule has 0 atom stereocenters. The van der Waals surface area contributed by atoms with Crippen molar-refractivity contribution in [3.8, 4) is 11.5 Å². The van der Waals surface area contributed by atoms with E-state index in [0.717, 1.165) is 14.5 Å². The van der Waals surface area contributed by atoms with Crippen LogP contribution < -0.4 is 9.47 Å². The maximum atomic E-state index is 12.0. The van der Waals surface area contributed by atoms with Crippen LogP contribution in [0.1, 0.15) is 30.9 Å². The topological polar surface area (TPSA) is 35.5 Å². The van der Waals surface area contributed by atoms with Crippen LogP contribution in [-0.4, -0.2) is 12.6 Å². The molecule has 2 aromatic rings. The van der Waals surface area contributed by atoms with E-state index in [2.05, 4.69) is 45.7 Å². The smallest absolute Gasteiger partial charge is 0.349 e. The molecule has 23 heavy (non-hydrogen) atoms. The van der Waals surface area contributed by atoms with E-state index in [1.807, 2.05) is 37.3 Å². The number of benzene rings is 2. The maximum absolute atomic E-state index is 12.0. The van der Waals surface area contributed by atoms with Crippen molar-refractivity contribution in [2.45, 2.75) is 26.7 Å². The molecule has 2 aromatic carbocycles. The van der Waals surface area contributed by atoms with Crippen LogP contribution in [0, 0.1) is 6.92 Å². The zero-order valence-electron chi connectivity index (χ0n) is 13.2. The second-order valence-electron chi connectivity index (χ2n) is 5.54. The molecule has 0 saturated heterocycles. The summed E-state index contributed by atoms with van der Waals surface area (Å²) in [6.45, 7) is 6.06. The highest BCUT2D eigenvalue weighted by molar-refractivity contribution is 9.10. The van der Waals surface area contributed by atoms with Crippen molar-refractivity contribution in [1.29, 1.82) is 0 Å². The highest BCUT2D eigenvalue weighted by Crippen LogP contribution is 2.29. The standard InChI is InChI=1S/C18H18Br2O3/c1-11(2)13-5-7-17(15(20)9-13)23-18(21)10-22-16-6-4-12(3)8-14(16)19/h4-9,11H,10H2,1-3H3. The third-order valence-corrected chi connectivity index (χ3v) is 4.52. The highest BCUT2D eigenvalue weighted by atomic mass is 79.9. The van der Waals surface area contributed by atoms with Gasteiger partial charge in [0.2, 0.25) is 0 Å². The van der Waals surface area contributed by atoms with Crippen LogP contribution in [0.25, 0.3) is 0 Å². The Balaban J connectivity index is 1.97. The summed E-state index contributed by atoms with van der Waals surface area (Å²) in [5.41, 5.74) is 2.29. The van der Waals surface area contributed by atoms with Gasteiger partial charge in [-0.25, -0.2) is 4.79 Å². The summed E-state index contributed by atoms with van der Waals surface area (Å²) in [4.78, 5) is 12.0. The van der Waals surface area contributed by atoms with Crippen LogP contribution in [-0.2, 0) is 4.79 Å². The summed E-state index contributed by atoms with van der Waals surface area (Å²) in [6.07, 6.45) is 0. The molecule has 0 fully saturated rings. The highest BCUT2D eigenvalue weighted by Gasteiger charge is 2.11. The number of carbonyl (C=O) groups excluding carboxylic acids is 1. The van der Waals surface area contributed by atoms with Gasteiger partial charge in [-0.1, -0.05) is 26.0 Å². The molecule has 0 unspecified atom stereocenters. The third kappa shape index (κ3) is 5.08. The SMILES string of the molecule is Cc1ccc(OCC(=O)Oc2ccc(C(C)C)cc2Br)c(Br)c1. The Labute approximate surface area is 153 Å². The fourth-order valence-corrected chi connectivity index (χ4v) is 3.06. The minimum absolute atomic E-state index is 0.153. The van der Waals surface area contributed by atoms with Gasteiger partial charge in [-0.05, 0) is 80.1 Å². The van der Waals surface area contributed by atoms with Crippen molar-refractivity contribution in [1.82, 2.24) is 0 Å². The first-order chi connectivity index (χ1) is 10.9. The maximum Gasteiger partial charge on any atom is 0.349 e. The molecule has 5 heteroatoms. The monoisotopic (exact) mass is 440 g/mol. The molecule has 0 aromatic heterocycles. The zero-order chi connectivity index (χ0) is 17.0. The summed E-state index contributed by atoms with van der Waals surface area (Å²) in [6, 6.07) is 11.4. The first-order valence-electron chi connectivity index (χ1n) is 7.26. The Morgan fingerprint density at radius 1 is 1.04 bits per heavy atom. The quantitative estimate of drug-likeness (QED) is 0.445. The lowest BCUT2D eigenvalue weighted by Crippen LogP contribution is -2.18. The summed E-state index contributed by atoms with van der Waals surface area (Å²) < 4.78 is 12.4. The van der Waals surface area contributed by atoms with Gasteiger partial charge in [0, 0.05) is 0 Å². The number of carbonyl (C=O) groups is 1. The van der Waals surface area contributed by atoms with E-state index in [4.69, 9.17) is 9.47 Å². The van der Waals surface area contributed by atoms with Crippen molar-refractivity contribution in [2.24, 2.45) is 0 Å². The molecule has 0 radical (unpaired) electrons. The Hall–Kier alpha value is -1.33. The van der Waals surface area contributed by atoms with E-state index in [1.165, 1.54) is 5.56 Å². The van der Waals surface area contributed by atoms with Gasteiger partial charge in [0.25, 0.3) is 0 Å². The Morgan fingerprint density at radius 2 is 1.70 bits per heavy atom. The number of hydrogen-bond donors (Lipinski definition) is 0. The molecule has 2 rings (SSSR count). The number of esters is 1. The number of ether oxygens (including phenoxy) is 2. The van der Waals surface area contributed by atoms with Gasteiger partial charge in [0.15, 0.2) is 6.61 Å². The van der Waals surface area contributed by atoms with Gasteiger partial charge in [-0.2, -0.15) is 0 Å². The predicted molar refractivity (Wildman–Crippen MR) is 98.2 cm³/mol. The molecule has 0 heterocycles. The summed E-state index contributed by atoms with van der Waals surface area (Å²) >= 11 is 6.85. The average molecular weight is 442 g/mol.